The van der Waals surface area contributed by atoms with Crippen molar-refractivity contribution >= 4 is 39.0 Å². The molecule has 6 heteroatoms. The predicted molar refractivity (Wildman–Crippen MR) is 61.5 cm³/mol. The molecule has 1 rings (SSSR count). The van der Waals surface area contributed by atoms with E-state index in [0.717, 1.165) is 3.79 Å². The fourth-order valence-corrected chi connectivity index (χ4v) is 2.41. The molecule has 0 aromatic carbocycles. The van der Waals surface area contributed by atoms with E-state index in [0.29, 0.717) is 4.88 Å². The lowest BCUT2D eigenvalue weighted by molar-refractivity contribution is -0.136. The lowest BCUT2D eigenvalue weighted by atomic mass is 10.2. The summed E-state index contributed by atoms with van der Waals surface area (Å²) in [5, 5.41) is 11.1. The van der Waals surface area contributed by atoms with Crippen LogP contribution in [0.3, 0.4) is 0 Å². The van der Waals surface area contributed by atoms with Crippen LogP contribution in [0.5, 0.6) is 0 Å². The molecule has 0 radical (unpaired) electrons. The van der Waals surface area contributed by atoms with Gasteiger partial charge in [-0.15, -0.1) is 11.3 Å². The van der Waals surface area contributed by atoms with E-state index < -0.39 is 12.0 Å². The average Bonchev–Trinajstić information content (AvgIpc) is 2.60. The van der Waals surface area contributed by atoms with Gasteiger partial charge >= 0.3 is 5.97 Å². The highest BCUT2D eigenvalue weighted by Crippen LogP contribution is 2.23. The fourth-order valence-electron chi connectivity index (χ4n) is 0.993. The van der Waals surface area contributed by atoms with E-state index in [1.807, 2.05) is 0 Å². The smallest absolute Gasteiger partial charge is 0.317 e. The van der Waals surface area contributed by atoms with Crippen LogP contribution in [0.2, 0.25) is 0 Å². The second-order valence-corrected chi connectivity index (χ2v) is 5.43. The van der Waals surface area contributed by atoms with E-state index in [-0.39, 0.29) is 12.3 Å². The summed E-state index contributed by atoms with van der Waals surface area (Å²) in [5.74, 6) is -1.06. The van der Waals surface area contributed by atoms with Gasteiger partial charge in [-0.1, -0.05) is 0 Å². The highest BCUT2D eigenvalue weighted by atomic mass is 79.9. The lowest BCUT2D eigenvalue weighted by Crippen LogP contribution is -2.37. The number of ketones is 1. The molecule has 4 nitrogen and oxygen atoms in total. The Morgan fingerprint density at radius 3 is 2.73 bits per heavy atom. The van der Waals surface area contributed by atoms with E-state index in [1.165, 1.54) is 11.3 Å². The van der Waals surface area contributed by atoms with Gasteiger partial charge in [0.2, 0.25) is 0 Å². The molecule has 0 saturated heterocycles. The van der Waals surface area contributed by atoms with Gasteiger partial charge in [-0.3, -0.25) is 14.9 Å². The first-order chi connectivity index (χ1) is 7.00. The number of carboxylic acid groups (broad SMARTS) is 1. The normalized spacial score (nSPS) is 12.4. The van der Waals surface area contributed by atoms with Crippen LogP contribution in [-0.2, 0) is 4.79 Å². The summed E-state index contributed by atoms with van der Waals surface area (Å²) in [7, 11) is 0. The molecule has 1 aromatic rings. The molecule has 0 amide bonds. The highest BCUT2D eigenvalue weighted by molar-refractivity contribution is 9.11. The molecule has 0 fully saturated rings. The zero-order valence-electron chi connectivity index (χ0n) is 7.99. The zero-order valence-corrected chi connectivity index (χ0v) is 10.4. The highest BCUT2D eigenvalue weighted by Gasteiger charge is 2.16. The minimum atomic E-state index is -0.970. The average molecular weight is 292 g/mol. The maximum atomic E-state index is 11.7. The van der Waals surface area contributed by atoms with Gasteiger partial charge in [-0.2, -0.15) is 0 Å². The summed E-state index contributed by atoms with van der Waals surface area (Å²) in [6.45, 7) is 1.44. The van der Waals surface area contributed by atoms with Gasteiger partial charge in [0.05, 0.1) is 21.3 Å². The maximum absolute atomic E-state index is 11.7. The molecule has 0 aliphatic heterocycles. The largest absolute Gasteiger partial charge is 0.480 e. The number of aliphatic carboxylic acids is 1. The van der Waals surface area contributed by atoms with Crippen molar-refractivity contribution in [2.75, 3.05) is 6.54 Å². The van der Waals surface area contributed by atoms with Crippen LogP contribution in [0.15, 0.2) is 15.9 Å². The monoisotopic (exact) mass is 291 g/mol. The van der Waals surface area contributed by atoms with Gasteiger partial charge in [0.15, 0.2) is 5.78 Å². The van der Waals surface area contributed by atoms with Crippen LogP contribution in [-0.4, -0.2) is 29.4 Å². The number of carboxylic acids is 1. The third-order valence-electron chi connectivity index (χ3n) is 1.77. The topological polar surface area (TPSA) is 66.4 Å². The van der Waals surface area contributed by atoms with Crippen molar-refractivity contribution in [3.05, 3.63) is 20.8 Å². The van der Waals surface area contributed by atoms with Gasteiger partial charge in [-0.05, 0) is 35.0 Å². The standard InChI is InChI=1S/C9H10BrNO3S/c1-5(11-4-8(12)13)9(14)6-2-3-7(10)15-6/h2-3,5,11H,4H2,1H3,(H,12,13). The van der Waals surface area contributed by atoms with Gasteiger partial charge in [-0.25, -0.2) is 0 Å². The molecule has 1 unspecified atom stereocenters. The first kappa shape index (κ1) is 12.4. The quantitative estimate of drug-likeness (QED) is 0.812. The van der Waals surface area contributed by atoms with Crippen molar-refractivity contribution < 1.29 is 14.7 Å². The lowest BCUT2D eigenvalue weighted by Gasteiger charge is -2.09. The summed E-state index contributed by atoms with van der Waals surface area (Å²) in [5.41, 5.74) is 0. The van der Waals surface area contributed by atoms with Crippen molar-refractivity contribution in [3.63, 3.8) is 0 Å². The van der Waals surface area contributed by atoms with Gasteiger partial charge in [0, 0.05) is 0 Å². The zero-order chi connectivity index (χ0) is 11.4. The summed E-state index contributed by atoms with van der Waals surface area (Å²) >= 11 is 4.60. The molecule has 0 spiro atoms. The number of Topliss-reactive ketones (excluding diaryl/α,β-unsaturated/α-hetero) is 1. The molecule has 0 saturated carbocycles. The second-order valence-electron chi connectivity index (χ2n) is 2.96. The minimum Gasteiger partial charge on any atom is -0.480 e. The predicted octanol–water partition coefficient (Wildman–Crippen LogP) is 1.76. The number of thiophene rings is 1. The third kappa shape index (κ3) is 3.73. The van der Waals surface area contributed by atoms with E-state index >= 15 is 0 Å². The Labute approximate surface area is 99.4 Å². The number of hydrogen-bond acceptors (Lipinski definition) is 4. The van der Waals surface area contributed by atoms with Crippen LogP contribution in [0.4, 0.5) is 0 Å². The molecular formula is C9H10BrNO3S. The number of carbonyl (C=O) groups is 2. The van der Waals surface area contributed by atoms with E-state index in [1.54, 1.807) is 19.1 Å². The number of halogens is 1. The van der Waals surface area contributed by atoms with Crippen molar-refractivity contribution in [2.24, 2.45) is 0 Å². The van der Waals surface area contributed by atoms with Gasteiger partial charge in [0.25, 0.3) is 0 Å². The number of rotatable bonds is 5. The van der Waals surface area contributed by atoms with Crippen molar-refractivity contribution in [1.82, 2.24) is 5.32 Å². The van der Waals surface area contributed by atoms with Crippen LogP contribution >= 0.6 is 27.3 Å². The molecule has 0 aliphatic rings. The molecule has 82 valence electrons. The molecule has 0 aliphatic carbocycles. The van der Waals surface area contributed by atoms with Crippen LogP contribution in [0, 0.1) is 0 Å². The fraction of sp³-hybridized carbons (Fsp3) is 0.333. The summed E-state index contributed by atoms with van der Waals surface area (Å²) in [4.78, 5) is 22.6. The Morgan fingerprint density at radius 1 is 1.60 bits per heavy atom. The van der Waals surface area contributed by atoms with Crippen molar-refractivity contribution in [3.8, 4) is 0 Å². The second kappa shape index (κ2) is 5.39. The molecule has 1 atom stereocenters. The van der Waals surface area contributed by atoms with E-state index in [4.69, 9.17) is 5.11 Å². The molecule has 2 N–H and O–H groups in total. The van der Waals surface area contributed by atoms with Crippen molar-refractivity contribution in [1.29, 1.82) is 0 Å². The third-order valence-corrected chi connectivity index (χ3v) is 3.41. The molecular weight excluding hydrogens is 282 g/mol. The minimum absolute atomic E-state index is 0.0908. The van der Waals surface area contributed by atoms with Crippen LogP contribution in [0.25, 0.3) is 0 Å². The van der Waals surface area contributed by atoms with Crippen molar-refractivity contribution in [2.45, 2.75) is 13.0 Å². The Balaban J connectivity index is 2.57. The molecule has 15 heavy (non-hydrogen) atoms. The number of hydrogen-bond donors (Lipinski definition) is 2. The molecule has 1 heterocycles. The Bertz CT molecular complexity index is 377. The Morgan fingerprint density at radius 2 is 2.27 bits per heavy atom. The first-order valence-corrected chi connectivity index (χ1v) is 5.86. The van der Waals surface area contributed by atoms with E-state index in [2.05, 4.69) is 21.2 Å². The first-order valence-electron chi connectivity index (χ1n) is 4.25. The number of carbonyl (C=O) groups excluding carboxylic acids is 1. The molecule has 1 aromatic heterocycles. The Kier molecular flexibility index (Phi) is 4.44. The SMILES string of the molecule is CC(NCC(=O)O)C(=O)c1ccc(Br)s1. The maximum Gasteiger partial charge on any atom is 0.317 e. The van der Waals surface area contributed by atoms with Gasteiger partial charge < -0.3 is 5.11 Å². The summed E-state index contributed by atoms with van der Waals surface area (Å²) < 4.78 is 0.885. The summed E-state index contributed by atoms with van der Waals surface area (Å²) in [6.07, 6.45) is 0. The summed E-state index contributed by atoms with van der Waals surface area (Å²) in [6, 6.07) is 3.03. The Hall–Kier alpha value is -0.720. The number of nitrogens with one attached hydrogen (secondary N) is 1. The van der Waals surface area contributed by atoms with Crippen LogP contribution < -0.4 is 5.32 Å². The van der Waals surface area contributed by atoms with E-state index in [9.17, 15) is 9.59 Å². The molecule has 0 bridgehead atoms. The van der Waals surface area contributed by atoms with Gasteiger partial charge in [0.1, 0.15) is 0 Å². The van der Waals surface area contributed by atoms with Crippen LogP contribution in [0.1, 0.15) is 16.6 Å².